The van der Waals surface area contributed by atoms with Gasteiger partial charge in [0, 0.05) is 26.3 Å². The van der Waals surface area contributed by atoms with Gasteiger partial charge >= 0.3 is 0 Å². The number of ether oxygens (including phenoxy) is 3. The van der Waals surface area contributed by atoms with E-state index in [2.05, 4.69) is 0 Å². The topological polar surface area (TPSA) is 48.0 Å². The fourth-order valence-corrected chi connectivity index (χ4v) is 3.70. The minimum atomic E-state index is -0.498. The summed E-state index contributed by atoms with van der Waals surface area (Å²) in [6.07, 6.45) is 3.64. The highest BCUT2D eigenvalue weighted by atomic mass is 16.5. The van der Waals surface area contributed by atoms with Crippen LogP contribution in [0, 0.1) is 0 Å². The summed E-state index contributed by atoms with van der Waals surface area (Å²) in [7, 11) is 3.25. The first-order valence-electron chi connectivity index (χ1n) is 8.31. The Balaban J connectivity index is 1.99. The smallest absolute Gasteiger partial charge is 0.233 e. The van der Waals surface area contributed by atoms with Crippen LogP contribution >= 0.6 is 0 Å². The van der Waals surface area contributed by atoms with E-state index in [1.54, 1.807) is 14.2 Å². The van der Waals surface area contributed by atoms with Gasteiger partial charge in [-0.15, -0.1) is 0 Å². The van der Waals surface area contributed by atoms with Gasteiger partial charge in [0.05, 0.1) is 19.6 Å². The molecule has 5 heteroatoms. The highest BCUT2D eigenvalue weighted by Gasteiger charge is 2.44. The molecule has 2 aliphatic heterocycles. The van der Waals surface area contributed by atoms with E-state index >= 15 is 0 Å². The van der Waals surface area contributed by atoms with Crippen molar-refractivity contribution in [2.45, 2.75) is 31.1 Å². The molecule has 0 radical (unpaired) electrons. The summed E-state index contributed by atoms with van der Waals surface area (Å²) in [6.45, 7) is 2.98. The van der Waals surface area contributed by atoms with Crippen molar-refractivity contribution in [1.82, 2.24) is 4.90 Å². The molecule has 0 spiro atoms. The van der Waals surface area contributed by atoms with Crippen LogP contribution in [0.15, 0.2) is 18.2 Å². The van der Waals surface area contributed by atoms with Crippen LogP contribution in [0.25, 0.3) is 0 Å². The van der Waals surface area contributed by atoms with Crippen LogP contribution in [-0.2, 0) is 14.9 Å². The normalized spacial score (nSPS) is 20.3. The van der Waals surface area contributed by atoms with Crippen LogP contribution in [0.2, 0.25) is 0 Å². The van der Waals surface area contributed by atoms with E-state index in [-0.39, 0.29) is 5.91 Å². The van der Waals surface area contributed by atoms with E-state index in [9.17, 15) is 4.79 Å². The van der Waals surface area contributed by atoms with E-state index in [0.29, 0.717) is 24.7 Å². The van der Waals surface area contributed by atoms with Gasteiger partial charge in [-0.2, -0.15) is 0 Å². The minimum absolute atomic E-state index is 0.241. The Kier molecular flexibility index (Phi) is 4.76. The van der Waals surface area contributed by atoms with Crippen LogP contribution in [0.1, 0.15) is 31.2 Å². The maximum atomic E-state index is 13.3. The molecule has 5 nitrogen and oxygen atoms in total. The molecule has 0 aromatic heterocycles. The molecule has 2 aliphatic rings. The fourth-order valence-electron chi connectivity index (χ4n) is 3.70. The zero-order valence-corrected chi connectivity index (χ0v) is 14.0. The third-order valence-corrected chi connectivity index (χ3v) is 5.09. The largest absolute Gasteiger partial charge is 0.493 e. The van der Waals surface area contributed by atoms with E-state index in [1.165, 1.54) is 0 Å². The van der Waals surface area contributed by atoms with E-state index < -0.39 is 5.41 Å². The molecular weight excluding hydrogens is 294 g/mol. The SMILES string of the molecule is COc1ccc(C2(C(=O)N3CCCC3)CCOCC2)cc1OC. The lowest BCUT2D eigenvalue weighted by atomic mass is 9.73. The second kappa shape index (κ2) is 6.79. The Morgan fingerprint density at radius 1 is 1.09 bits per heavy atom. The first-order chi connectivity index (χ1) is 11.2. The molecule has 1 aromatic carbocycles. The number of carbonyl (C=O) groups excluding carboxylic acids is 1. The first kappa shape index (κ1) is 16.1. The number of likely N-dealkylation sites (tertiary alicyclic amines) is 1. The van der Waals surface area contributed by atoms with Crippen LogP contribution in [-0.4, -0.2) is 51.3 Å². The number of benzene rings is 1. The summed E-state index contributed by atoms with van der Waals surface area (Å²) in [5.41, 5.74) is 0.512. The van der Waals surface area contributed by atoms with Crippen molar-refractivity contribution < 1.29 is 19.0 Å². The maximum Gasteiger partial charge on any atom is 0.233 e. The van der Waals surface area contributed by atoms with E-state index in [1.807, 2.05) is 23.1 Å². The number of amides is 1. The number of hydrogen-bond donors (Lipinski definition) is 0. The minimum Gasteiger partial charge on any atom is -0.493 e. The van der Waals surface area contributed by atoms with Gasteiger partial charge in [0.15, 0.2) is 11.5 Å². The molecule has 1 aromatic rings. The second-order valence-electron chi connectivity index (χ2n) is 6.26. The number of rotatable bonds is 4. The van der Waals surface area contributed by atoms with Gasteiger partial charge < -0.3 is 19.1 Å². The summed E-state index contributed by atoms with van der Waals surface area (Å²) in [6, 6.07) is 5.85. The van der Waals surface area contributed by atoms with E-state index in [4.69, 9.17) is 14.2 Å². The van der Waals surface area contributed by atoms with Crippen molar-refractivity contribution in [3.8, 4) is 11.5 Å². The molecule has 0 saturated carbocycles. The number of methoxy groups -OCH3 is 2. The van der Waals surface area contributed by atoms with Gasteiger partial charge in [0.1, 0.15) is 0 Å². The Labute approximate surface area is 137 Å². The standard InChI is InChI=1S/C18H25NO4/c1-21-15-6-5-14(13-16(15)22-2)18(7-11-23-12-8-18)17(20)19-9-3-4-10-19/h5-6,13H,3-4,7-12H2,1-2H3. The first-order valence-corrected chi connectivity index (χ1v) is 8.31. The van der Waals surface area contributed by atoms with Crippen molar-refractivity contribution >= 4 is 5.91 Å². The molecule has 0 atom stereocenters. The molecule has 0 bridgehead atoms. The lowest BCUT2D eigenvalue weighted by Gasteiger charge is -2.39. The van der Waals surface area contributed by atoms with Gasteiger partial charge in [0.2, 0.25) is 5.91 Å². The van der Waals surface area contributed by atoms with Crippen molar-refractivity contribution in [1.29, 1.82) is 0 Å². The second-order valence-corrected chi connectivity index (χ2v) is 6.26. The summed E-state index contributed by atoms with van der Waals surface area (Å²) in [4.78, 5) is 15.3. The van der Waals surface area contributed by atoms with Crippen molar-refractivity contribution in [2.75, 3.05) is 40.5 Å². The number of nitrogens with zero attached hydrogens (tertiary/aromatic N) is 1. The fraction of sp³-hybridized carbons (Fsp3) is 0.611. The average molecular weight is 319 g/mol. The summed E-state index contributed by atoms with van der Waals surface area (Å²) in [5, 5.41) is 0. The Hall–Kier alpha value is -1.75. The summed E-state index contributed by atoms with van der Waals surface area (Å²) < 4.78 is 16.3. The van der Waals surface area contributed by atoms with Gasteiger partial charge in [-0.3, -0.25) is 4.79 Å². The molecule has 0 unspecified atom stereocenters. The lowest BCUT2D eigenvalue weighted by Crippen LogP contribution is -2.49. The maximum absolute atomic E-state index is 13.3. The predicted octanol–water partition coefficient (Wildman–Crippen LogP) is 2.37. The molecule has 0 aliphatic carbocycles. The molecule has 3 rings (SSSR count). The molecule has 126 valence electrons. The van der Waals surface area contributed by atoms with Crippen LogP contribution < -0.4 is 9.47 Å². The number of carbonyl (C=O) groups is 1. The monoisotopic (exact) mass is 319 g/mol. The predicted molar refractivity (Wildman–Crippen MR) is 87.1 cm³/mol. The molecule has 0 N–H and O–H groups in total. The molecule has 23 heavy (non-hydrogen) atoms. The van der Waals surface area contributed by atoms with Gasteiger partial charge in [-0.05, 0) is 43.4 Å². The third-order valence-electron chi connectivity index (χ3n) is 5.09. The molecular formula is C18H25NO4. The highest BCUT2D eigenvalue weighted by molar-refractivity contribution is 5.89. The zero-order valence-electron chi connectivity index (χ0n) is 14.0. The van der Waals surface area contributed by atoms with Crippen LogP contribution in [0.3, 0.4) is 0 Å². The van der Waals surface area contributed by atoms with Crippen molar-refractivity contribution in [2.24, 2.45) is 0 Å². The Morgan fingerprint density at radius 2 is 1.74 bits per heavy atom. The molecule has 1 amide bonds. The summed E-state index contributed by atoms with van der Waals surface area (Å²) >= 11 is 0. The third kappa shape index (κ3) is 2.90. The van der Waals surface area contributed by atoms with Crippen LogP contribution in [0.5, 0.6) is 11.5 Å². The summed E-state index contributed by atoms with van der Waals surface area (Å²) in [5.74, 6) is 1.60. The quantitative estimate of drug-likeness (QED) is 0.855. The van der Waals surface area contributed by atoms with Gasteiger partial charge in [-0.25, -0.2) is 0 Å². The molecule has 2 heterocycles. The Bertz CT molecular complexity index is 560. The Morgan fingerprint density at radius 3 is 2.35 bits per heavy atom. The van der Waals surface area contributed by atoms with Crippen molar-refractivity contribution in [3.05, 3.63) is 23.8 Å². The molecule has 2 saturated heterocycles. The average Bonchev–Trinajstić information content (AvgIpc) is 3.15. The lowest BCUT2D eigenvalue weighted by molar-refractivity contribution is -0.140. The highest BCUT2D eigenvalue weighted by Crippen LogP contribution is 2.41. The zero-order chi connectivity index (χ0) is 16.3. The van der Waals surface area contributed by atoms with Gasteiger partial charge in [-0.1, -0.05) is 6.07 Å². The molecule has 2 fully saturated rings. The number of hydrogen-bond acceptors (Lipinski definition) is 4. The van der Waals surface area contributed by atoms with Crippen LogP contribution in [0.4, 0.5) is 0 Å². The van der Waals surface area contributed by atoms with Gasteiger partial charge in [0.25, 0.3) is 0 Å². The van der Waals surface area contributed by atoms with E-state index in [0.717, 1.165) is 44.3 Å². The van der Waals surface area contributed by atoms with Crippen molar-refractivity contribution in [3.63, 3.8) is 0 Å².